The van der Waals surface area contributed by atoms with Crippen LogP contribution in [-0.2, 0) is 12.7 Å². The first kappa shape index (κ1) is 18.7. The molecule has 3 rings (SSSR count). The molecule has 1 heterocycles. The van der Waals surface area contributed by atoms with Crippen molar-refractivity contribution in [2.75, 3.05) is 16.8 Å². The first-order chi connectivity index (χ1) is 13.0. The Morgan fingerprint density at radius 1 is 1.00 bits per heavy atom. The second kappa shape index (κ2) is 8.07. The highest BCUT2D eigenvalue weighted by atomic mass is 19.4. The molecule has 0 spiro atoms. The Balaban J connectivity index is 1.79. The van der Waals surface area contributed by atoms with Crippen LogP contribution in [0.25, 0.3) is 0 Å². The summed E-state index contributed by atoms with van der Waals surface area (Å²) < 4.78 is 38.6. The summed E-state index contributed by atoms with van der Waals surface area (Å²) in [6, 6.07) is 16.7. The third-order valence-electron chi connectivity index (χ3n) is 4.01. The van der Waals surface area contributed by atoms with E-state index in [2.05, 4.69) is 20.2 Å². The summed E-state index contributed by atoms with van der Waals surface area (Å²) in [7, 11) is 0. The summed E-state index contributed by atoms with van der Waals surface area (Å²) in [4.78, 5) is 10.6. The van der Waals surface area contributed by atoms with Crippen LogP contribution in [0.15, 0.2) is 66.9 Å². The molecule has 0 saturated carbocycles. The van der Waals surface area contributed by atoms with Crippen LogP contribution < -0.4 is 10.2 Å². The number of benzene rings is 2. The van der Waals surface area contributed by atoms with Crippen molar-refractivity contribution in [3.63, 3.8) is 0 Å². The number of anilines is 3. The van der Waals surface area contributed by atoms with Gasteiger partial charge in [0.15, 0.2) is 0 Å². The standard InChI is InChI=1S/C20H19F3N4/c1-2-27(14-15-7-4-3-5-8-15)18-11-12-24-19(26-18)25-17-10-6-9-16(13-17)20(21,22)23/h3-13H,2,14H2,1H3,(H,24,25,26). The van der Waals surface area contributed by atoms with Crippen molar-refractivity contribution in [2.45, 2.75) is 19.6 Å². The van der Waals surface area contributed by atoms with E-state index < -0.39 is 11.7 Å². The molecule has 0 aliphatic rings. The average molecular weight is 372 g/mol. The number of nitrogens with one attached hydrogen (secondary N) is 1. The third-order valence-corrected chi connectivity index (χ3v) is 4.01. The van der Waals surface area contributed by atoms with Crippen molar-refractivity contribution >= 4 is 17.5 Å². The van der Waals surface area contributed by atoms with Crippen LogP contribution in [0.1, 0.15) is 18.1 Å². The molecule has 0 bridgehead atoms. The van der Waals surface area contributed by atoms with Crippen LogP contribution in [0.5, 0.6) is 0 Å². The van der Waals surface area contributed by atoms with Gasteiger partial charge in [-0.2, -0.15) is 18.2 Å². The number of alkyl halides is 3. The van der Waals surface area contributed by atoms with Gasteiger partial charge >= 0.3 is 6.18 Å². The Morgan fingerprint density at radius 3 is 2.48 bits per heavy atom. The van der Waals surface area contributed by atoms with Crippen LogP contribution in [0.3, 0.4) is 0 Å². The van der Waals surface area contributed by atoms with Crippen molar-refractivity contribution in [3.05, 3.63) is 78.0 Å². The Hall–Kier alpha value is -3.09. The van der Waals surface area contributed by atoms with E-state index >= 15 is 0 Å². The molecule has 0 saturated heterocycles. The van der Waals surface area contributed by atoms with E-state index in [-0.39, 0.29) is 11.6 Å². The van der Waals surface area contributed by atoms with Gasteiger partial charge in [0.1, 0.15) is 5.82 Å². The van der Waals surface area contributed by atoms with E-state index in [4.69, 9.17) is 0 Å². The lowest BCUT2D eigenvalue weighted by atomic mass is 10.2. The van der Waals surface area contributed by atoms with E-state index in [1.165, 1.54) is 6.07 Å². The Labute approximate surface area is 155 Å². The maximum Gasteiger partial charge on any atom is 0.416 e. The number of aromatic nitrogens is 2. The maximum absolute atomic E-state index is 12.9. The van der Waals surface area contributed by atoms with Gasteiger partial charge in [-0.3, -0.25) is 0 Å². The molecule has 0 aliphatic heterocycles. The van der Waals surface area contributed by atoms with Gasteiger partial charge in [0, 0.05) is 25.0 Å². The van der Waals surface area contributed by atoms with Gasteiger partial charge < -0.3 is 10.2 Å². The van der Waals surface area contributed by atoms with Gasteiger partial charge in [-0.25, -0.2) is 4.98 Å². The molecule has 3 aromatic rings. The summed E-state index contributed by atoms with van der Waals surface area (Å²) in [5.74, 6) is 0.948. The van der Waals surface area contributed by atoms with Crippen molar-refractivity contribution in [1.29, 1.82) is 0 Å². The fourth-order valence-corrected chi connectivity index (χ4v) is 2.65. The van der Waals surface area contributed by atoms with Crippen molar-refractivity contribution in [2.24, 2.45) is 0 Å². The largest absolute Gasteiger partial charge is 0.416 e. The van der Waals surface area contributed by atoms with Crippen LogP contribution >= 0.6 is 0 Å². The SMILES string of the molecule is CCN(Cc1ccccc1)c1ccnc(Nc2cccc(C(F)(F)F)c2)n1. The zero-order valence-corrected chi connectivity index (χ0v) is 14.7. The van der Waals surface area contributed by atoms with E-state index in [0.29, 0.717) is 12.4 Å². The molecule has 1 N–H and O–H groups in total. The van der Waals surface area contributed by atoms with Gasteiger partial charge in [-0.05, 0) is 36.8 Å². The first-order valence-corrected chi connectivity index (χ1v) is 8.52. The van der Waals surface area contributed by atoms with Crippen LogP contribution in [-0.4, -0.2) is 16.5 Å². The summed E-state index contributed by atoms with van der Waals surface area (Å²) in [5, 5.41) is 2.85. The second-order valence-corrected chi connectivity index (χ2v) is 5.94. The zero-order chi connectivity index (χ0) is 19.3. The fraction of sp³-hybridized carbons (Fsp3) is 0.200. The highest BCUT2D eigenvalue weighted by Crippen LogP contribution is 2.31. The van der Waals surface area contributed by atoms with Crippen LogP contribution in [0, 0.1) is 0 Å². The van der Waals surface area contributed by atoms with E-state index in [1.807, 2.05) is 37.3 Å². The first-order valence-electron chi connectivity index (χ1n) is 8.52. The normalized spacial score (nSPS) is 11.3. The minimum Gasteiger partial charge on any atom is -0.352 e. The number of rotatable bonds is 6. The Bertz CT molecular complexity index is 882. The molecule has 4 nitrogen and oxygen atoms in total. The fourth-order valence-electron chi connectivity index (χ4n) is 2.65. The summed E-state index contributed by atoms with van der Waals surface area (Å²) in [6.45, 7) is 3.43. The lowest BCUT2D eigenvalue weighted by Gasteiger charge is -2.22. The third kappa shape index (κ3) is 4.97. The van der Waals surface area contributed by atoms with Gasteiger partial charge in [0.2, 0.25) is 5.95 Å². The summed E-state index contributed by atoms with van der Waals surface area (Å²) in [6.07, 6.45) is -2.80. The lowest BCUT2D eigenvalue weighted by molar-refractivity contribution is -0.137. The molecule has 0 amide bonds. The topological polar surface area (TPSA) is 41.1 Å². The second-order valence-electron chi connectivity index (χ2n) is 5.94. The Morgan fingerprint density at radius 2 is 1.78 bits per heavy atom. The van der Waals surface area contributed by atoms with Gasteiger partial charge in [0.05, 0.1) is 5.56 Å². The van der Waals surface area contributed by atoms with Crippen molar-refractivity contribution in [1.82, 2.24) is 9.97 Å². The molecule has 1 aromatic heterocycles. The quantitative estimate of drug-likeness (QED) is 0.640. The predicted molar refractivity (Wildman–Crippen MR) is 99.9 cm³/mol. The molecule has 140 valence electrons. The zero-order valence-electron chi connectivity index (χ0n) is 14.7. The number of hydrogen-bond acceptors (Lipinski definition) is 4. The summed E-state index contributed by atoms with van der Waals surface area (Å²) >= 11 is 0. The predicted octanol–water partition coefficient (Wildman–Crippen LogP) is 5.27. The summed E-state index contributed by atoms with van der Waals surface area (Å²) in [5.41, 5.74) is 0.710. The van der Waals surface area contributed by atoms with Crippen LogP contribution in [0.4, 0.5) is 30.6 Å². The molecule has 0 unspecified atom stereocenters. The molecule has 0 fully saturated rings. The molecule has 0 atom stereocenters. The molecule has 27 heavy (non-hydrogen) atoms. The highest BCUT2D eigenvalue weighted by Gasteiger charge is 2.30. The molecular formula is C20H19F3N4. The van der Waals surface area contributed by atoms with Gasteiger partial charge in [-0.1, -0.05) is 36.4 Å². The lowest BCUT2D eigenvalue weighted by Crippen LogP contribution is -2.23. The number of halogens is 3. The minimum absolute atomic E-state index is 0.248. The average Bonchev–Trinajstić information content (AvgIpc) is 2.67. The smallest absolute Gasteiger partial charge is 0.352 e. The molecule has 0 radical (unpaired) electrons. The van der Waals surface area contributed by atoms with E-state index in [0.717, 1.165) is 24.2 Å². The molecular weight excluding hydrogens is 353 g/mol. The number of hydrogen-bond donors (Lipinski definition) is 1. The van der Waals surface area contributed by atoms with Crippen molar-refractivity contribution < 1.29 is 13.2 Å². The van der Waals surface area contributed by atoms with Gasteiger partial charge in [0.25, 0.3) is 0 Å². The molecule has 0 aliphatic carbocycles. The maximum atomic E-state index is 12.9. The molecule has 7 heteroatoms. The van der Waals surface area contributed by atoms with Crippen LogP contribution in [0.2, 0.25) is 0 Å². The molecule has 2 aromatic carbocycles. The highest BCUT2D eigenvalue weighted by molar-refractivity contribution is 5.56. The Kier molecular flexibility index (Phi) is 5.59. The van der Waals surface area contributed by atoms with E-state index in [1.54, 1.807) is 18.3 Å². The van der Waals surface area contributed by atoms with Gasteiger partial charge in [-0.15, -0.1) is 0 Å². The van der Waals surface area contributed by atoms with Crippen molar-refractivity contribution in [3.8, 4) is 0 Å². The number of nitrogens with zero attached hydrogens (tertiary/aromatic N) is 3. The monoisotopic (exact) mass is 372 g/mol. The van der Waals surface area contributed by atoms with E-state index in [9.17, 15) is 13.2 Å². The minimum atomic E-state index is -4.39.